The lowest BCUT2D eigenvalue weighted by atomic mass is 10.00. The first kappa shape index (κ1) is 18.9. The predicted molar refractivity (Wildman–Crippen MR) is 124 cm³/mol. The van der Waals surface area contributed by atoms with Crippen molar-refractivity contribution >= 4 is 23.1 Å². The van der Waals surface area contributed by atoms with E-state index in [1.54, 1.807) is 0 Å². The summed E-state index contributed by atoms with van der Waals surface area (Å²) in [5.41, 5.74) is 6.15. The van der Waals surface area contributed by atoms with Gasteiger partial charge in [0.1, 0.15) is 5.82 Å². The number of anilines is 4. The third kappa shape index (κ3) is 4.11. The summed E-state index contributed by atoms with van der Waals surface area (Å²) in [6.07, 6.45) is 4.99. The number of aromatic nitrogens is 2. The Morgan fingerprint density at radius 2 is 1.57 bits per heavy atom. The lowest BCUT2D eigenvalue weighted by molar-refractivity contribution is 0.578. The number of rotatable bonds is 4. The molecule has 0 radical (unpaired) electrons. The molecule has 1 fully saturated rings. The highest BCUT2D eigenvalue weighted by Gasteiger charge is 2.18. The monoisotopic (exact) mass is 399 g/mol. The van der Waals surface area contributed by atoms with Crippen LogP contribution in [0.1, 0.15) is 36.1 Å². The Hall–Kier alpha value is -3.08. The fourth-order valence-electron chi connectivity index (χ4n) is 4.50. The second-order valence-corrected chi connectivity index (χ2v) is 8.35. The molecule has 5 rings (SSSR count). The summed E-state index contributed by atoms with van der Waals surface area (Å²) < 4.78 is 0. The number of hydrogen-bond acceptors (Lipinski definition) is 5. The van der Waals surface area contributed by atoms with Crippen molar-refractivity contribution in [3.63, 3.8) is 0 Å². The van der Waals surface area contributed by atoms with Crippen molar-refractivity contribution in [2.45, 2.75) is 39.2 Å². The van der Waals surface area contributed by atoms with E-state index < -0.39 is 0 Å². The first-order valence-electron chi connectivity index (χ1n) is 11.0. The molecule has 0 saturated carbocycles. The quantitative estimate of drug-likeness (QED) is 0.663. The standard InChI is InChI=1S/C25H29N5/c1-19-17-24(30-16-13-20-7-3-4-8-21(20)18-30)28-25(26-19)27-22-9-11-23(12-10-22)29-14-5-2-6-15-29/h3-4,7-12,17H,2,5-6,13-16,18H2,1H3,(H,26,27,28). The van der Waals surface area contributed by atoms with Gasteiger partial charge in [-0.25, -0.2) is 4.98 Å². The molecular formula is C25H29N5. The summed E-state index contributed by atoms with van der Waals surface area (Å²) in [6.45, 7) is 6.24. The van der Waals surface area contributed by atoms with Crippen molar-refractivity contribution in [2.75, 3.05) is 34.8 Å². The summed E-state index contributed by atoms with van der Waals surface area (Å²) in [6, 6.07) is 19.4. The summed E-state index contributed by atoms with van der Waals surface area (Å²) in [5.74, 6) is 1.65. The number of piperidine rings is 1. The van der Waals surface area contributed by atoms with Gasteiger partial charge in [-0.15, -0.1) is 0 Å². The third-order valence-corrected chi connectivity index (χ3v) is 6.14. The Bertz CT molecular complexity index is 1010. The minimum atomic E-state index is 0.662. The fraction of sp³-hybridized carbons (Fsp3) is 0.360. The zero-order chi connectivity index (χ0) is 20.3. The van der Waals surface area contributed by atoms with Gasteiger partial charge in [-0.1, -0.05) is 24.3 Å². The van der Waals surface area contributed by atoms with Crippen molar-refractivity contribution < 1.29 is 0 Å². The number of aryl methyl sites for hydroxylation is 1. The molecular weight excluding hydrogens is 370 g/mol. The number of fused-ring (bicyclic) bond motifs is 1. The molecule has 1 saturated heterocycles. The van der Waals surface area contributed by atoms with E-state index >= 15 is 0 Å². The van der Waals surface area contributed by atoms with Crippen molar-refractivity contribution in [1.82, 2.24) is 9.97 Å². The van der Waals surface area contributed by atoms with Crippen molar-refractivity contribution in [3.05, 3.63) is 71.4 Å². The van der Waals surface area contributed by atoms with Crippen LogP contribution >= 0.6 is 0 Å². The van der Waals surface area contributed by atoms with Crippen LogP contribution in [0.4, 0.5) is 23.1 Å². The first-order valence-corrected chi connectivity index (χ1v) is 11.0. The molecule has 5 heteroatoms. The minimum Gasteiger partial charge on any atom is -0.372 e. The zero-order valence-corrected chi connectivity index (χ0v) is 17.6. The molecule has 0 unspecified atom stereocenters. The molecule has 2 aromatic carbocycles. The van der Waals surface area contributed by atoms with Gasteiger partial charge >= 0.3 is 0 Å². The largest absolute Gasteiger partial charge is 0.372 e. The van der Waals surface area contributed by atoms with Gasteiger partial charge in [-0.05, 0) is 68.0 Å². The number of nitrogens with zero attached hydrogens (tertiary/aromatic N) is 4. The van der Waals surface area contributed by atoms with Crippen LogP contribution < -0.4 is 15.1 Å². The van der Waals surface area contributed by atoms with Gasteiger partial charge in [-0.2, -0.15) is 4.98 Å². The van der Waals surface area contributed by atoms with E-state index in [2.05, 4.69) is 74.7 Å². The van der Waals surface area contributed by atoms with Gasteiger partial charge in [0, 0.05) is 49.3 Å². The Kier molecular flexibility index (Phi) is 5.26. The Labute approximate surface area is 178 Å². The normalized spacial score (nSPS) is 16.3. The molecule has 2 aliphatic rings. The molecule has 3 aromatic rings. The third-order valence-electron chi connectivity index (χ3n) is 6.14. The van der Waals surface area contributed by atoms with Crippen molar-refractivity contribution in [2.24, 2.45) is 0 Å². The van der Waals surface area contributed by atoms with Gasteiger partial charge < -0.3 is 15.1 Å². The average molecular weight is 400 g/mol. The van der Waals surface area contributed by atoms with Crippen LogP contribution in [0.2, 0.25) is 0 Å². The van der Waals surface area contributed by atoms with Crippen molar-refractivity contribution in [3.8, 4) is 0 Å². The van der Waals surface area contributed by atoms with Crippen LogP contribution in [0.5, 0.6) is 0 Å². The highest BCUT2D eigenvalue weighted by molar-refractivity contribution is 5.60. The highest BCUT2D eigenvalue weighted by atomic mass is 15.2. The van der Waals surface area contributed by atoms with Crippen LogP contribution in [0.25, 0.3) is 0 Å². The van der Waals surface area contributed by atoms with E-state index in [-0.39, 0.29) is 0 Å². The molecule has 1 N–H and O–H groups in total. The Morgan fingerprint density at radius 3 is 2.37 bits per heavy atom. The Balaban J connectivity index is 1.31. The summed E-state index contributed by atoms with van der Waals surface area (Å²) >= 11 is 0. The van der Waals surface area contributed by atoms with Crippen LogP contribution in [0.15, 0.2) is 54.6 Å². The lowest BCUT2D eigenvalue weighted by Crippen LogP contribution is -2.31. The maximum Gasteiger partial charge on any atom is 0.229 e. The van der Waals surface area contributed by atoms with Crippen LogP contribution in [-0.2, 0) is 13.0 Å². The number of benzene rings is 2. The predicted octanol–water partition coefficient (Wildman–Crippen LogP) is 5.08. The Morgan fingerprint density at radius 1 is 0.800 bits per heavy atom. The number of hydrogen-bond donors (Lipinski definition) is 1. The van der Waals surface area contributed by atoms with Gasteiger partial charge in [-0.3, -0.25) is 0 Å². The summed E-state index contributed by atoms with van der Waals surface area (Å²) in [7, 11) is 0. The van der Waals surface area contributed by atoms with Gasteiger partial charge in [0.15, 0.2) is 0 Å². The second-order valence-electron chi connectivity index (χ2n) is 8.35. The molecule has 0 aliphatic carbocycles. The fourth-order valence-corrected chi connectivity index (χ4v) is 4.50. The molecule has 0 amide bonds. The van der Waals surface area contributed by atoms with E-state index in [4.69, 9.17) is 4.98 Å². The van der Waals surface area contributed by atoms with Gasteiger partial charge in [0.2, 0.25) is 5.95 Å². The summed E-state index contributed by atoms with van der Waals surface area (Å²) in [5, 5.41) is 3.41. The van der Waals surface area contributed by atoms with E-state index in [1.165, 1.54) is 36.1 Å². The highest BCUT2D eigenvalue weighted by Crippen LogP contribution is 2.26. The molecule has 1 aromatic heterocycles. The average Bonchev–Trinajstić information content (AvgIpc) is 2.79. The smallest absolute Gasteiger partial charge is 0.229 e. The second kappa shape index (κ2) is 8.34. The zero-order valence-electron chi connectivity index (χ0n) is 17.6. The molecule has 154 valence electrons. The lowest BCUT2D eigenvalue weighted by Gasteiger charge is -2.30. The molecule has 5 nitrogen and oxygen atoms in total. The molecule has 2 aliphatic heterocycles. The topological polar surface area (TPSA) is 44.3 Å². The summed E-state index contributed by atoms with van der Waals surface area (Å²) in [4.78, 5) is 14.3. The van der Waals surface area contributed by atoms with E-state index in [0.717, 1.165) is 49.8 Å². The maximum atomic E-state index is 4.83. The molecule has 0 atom stereocenters. The van der Waals surface area contributed by atoms with Gasteiger partial charge in [0.05, 0.1) is 0 Å². The molecule has 3 heterocycles. The molecule has 0 spiro atoms. The maximum absolute atomic E-state index is 4.83. The van der Waals surface area contributed by atoms with E-state index in [0.29, 0.717) is 5.95 Å². The van der Waals surface area contributed by atoms with Crippen LogP contribution in [-0.4, -0.2) is 29.6 Å². The van der Waals surface area contributed by atoms with E-state index in [1.807, 2.05) is 6.92 Å². The minimum absolute atomic E-state index is 0.662. The SMILES string of the molecule is Cc1cc(N2CCc3ccccc3C2)nc(Nc2ccc(N3CCCCC3)cc2)n1. The van der Waals surface area contributed by atoms with Crippen LogP contribution in [0.3, 0.4) is 0 Å². The first-order chi connectivity index (χ1) is 14.7. The van der Waals surface area contributed by atoms with Gasteiger partial charge in [0.25, 0.3) is 0 Å². The van der Waals surface area contributed by atoms with Crippen molar-refractivity contribution in [1.29, 1.82) is 0 Å². The van der Waals surface area contributed by atoms with Crippen LogP contribution in [0, 0.1) is 6.92 Å². The number of nitrogens with one attached hydrogen (secondary N) is 1. The molecule has 30 heavy (non-hydrogen) atoms. The van der Waals surface area contributed by atoms with E-state index in [9.17, 15) is 0 Å². The molecule has 0 bridgehead atoms.